The number of para-hydroxylation sites is 1. The molecule has 230 valence electrons. The van der Waals surface area contributed by atoms with Gasteiger partial charge in [-0.1, -0.05) is 115 Å². The van der Waals surface area contributed by atoms with Crippen LogP contribution in [0.5, 0.6) is 0 Å². The normalized spacial score (nSPS) is 12.2. The molecule has 1 heterocycles. The van der Waals surface area contributed by atoms with Crippen LogP contribution in [0.15, 0.2) is 180 Å². The lowest BCUT2D eigenvalue weighted by Crippen LogP contribution is -2.30. The van der Waals surface area contributed by atoms with Crippen LogP contribution in [0.25, 0.3) is 77.2 Å². The average Bonchev–Trinajstić information content (AvgIpc) is 3.71. The van der Waals surface area contributed by atoms with Gasteiger partial charge in [-0.2, -0.15) is 0 Å². The molecule has 0 aliphatic heterocycles. The summed E-state index contributed by atoms with van der Waals surface area (Å²) in [6, 6.07) is 61.5. The van der Waals surface area contributed by atoms with Gasteiger partial charge in [-0.15, -0.1) is 0 Å². The molecule has 1 aliphatic carbocycles. The number of hydrogen-bond donors (Lipinski definition) is 1. The van der Waals surface area contributed by atoms with Crippen molar-refractivity contribution < 1.29 is 9.31 Å². The fraction of sp³-hybridized carbons (Fsp3) is 0. The van der Waals surface area contributed by atoms with Crippen LogP contribution in [0, 0.1) is 0 Å². The number of rotatable bonds is 5. The second kappa shape index (κ2) is 10.9. The fourth-order valence-corrected chi connectivity index (χ4v) is 10.5. The molecular formula is C46H30O2P+. The van der Waals surface area contributed by atoms with Crippen LogP contribution in [-0.4, -0.2) is 4.89 Å². The van der Waals surface area contributed by atoms with Gasteiger partial charge in [0.1, 0.15) is 27.1 Å². The van der Waals surface area contributed by atoms with E-state index in [4.69, 9.17) is 4.42 Å². The molecule has 1 N–H and O–H groups in total. The summed E-state index contributed by atoms with van der Waals surface area (Å²) in [4.78, 5) is 12.6. The monoisotopic (exact) mass is 645 g/mol. The topological polar surface area (TPSA) is 33.4 Å². The average molecular weight is 646 g/mol. The van der Waals surface area contributed by atoms with E-state index < -0.39 is 7.49 Å². The van der Waals surface area contributed by atoms with Gasteiger partial charge in [0, 0.05) is 10.8 Å². The zero-order valence-electron chi connectivity index (χ0n) is 26.5. The summed E-state index contributed by atoms with van der Waals surface area (Å²) < 4.78 is 6.36. The minimum atomic E-state index is -2.83. The standard InChI is InChI=1S/C46H30O2P/c47-49(34-15-3-1-4-16-34,35-17-5-2-6-18-35)36-19-10-14-32(27-36)30-12-9-13-31(26-30)33-24-25-37-41(28-33)38-21-11-22-40-45(38)42(37)29-44-46(40)39-20-7-8-23-43(39)48-44/h1-29,47H/q+1. The lowest BCUT2D eigenvalue weighted by Gasteiger charge is -2.20. The molecule has 8 aromatic carbocycles. The summed E-state index contributed by atoms with van der Waals surface area (Å²) in [7, 11) is -2.83. The van der Waals surface area contributed by atoms with E-state index in [1.807, 2.05) is 66.7 Å². The predicted octanol–water partition coefficient (Wildman–Crippen LogP) is 10.9. The van der Waals surface area contributed by atoms with Crippen molar-refractivity contribution in [2.24, 2.45) is 0 Å². The molecule has 1 aliphatic rings. The number of fused-ring (bicyclic) bond motifs is 7. The molecule has 0 saturated carbocycles. The number of hydrogen-bond acceptors (Lipinski definition) is 2. The Morgan fingerprint density at radius 1 is 0.347 bits per heavy atom. The maximum absolute atomic E-state index is 12.6. The highest BCUT2D eigenvalue weighted by molar-refractivity contribution is 7.91. The van der Waals surface area contributed by atoms with Crippen molar-refractivity contribution in [3.05, 3.63) is 176 Å². The van der Waals surface area contributed by atoms with Crippen LogP contribution in [0.3, 0.4) is 0 Å². The minimum absolute atomic E-state index is 0.926. The van der Waals surface area contributed by atoms with Crippen molar-refractivity contribution in [3.63, 3.8) is 0 Å². The fourth-order valence-electron chi connectivity index (χ4n) is 7.82. The molecule has 1 aromatic heterocycles. The Kier molecular flexibility index (Phi) is 6.26. The van der Waals surface area contributed by atoms with Gasteiger partial charge in [0.05, 0.1) is 0 Å². The largest absolute Gasteiger partial charge is 0.456 e. The van der Waals surface area contributed by atoms with Gasteiger partial charge in [0.15, 0.2) is 0 Å². The highest BCUT2D eigenvalue weighted by Gasteiger charge is 2.44. The van der Waals surface area contributed by atoms with Gasteiger partial charge in [0.2, 0.25) is 7.49 Å². The highest BCUT2D eigenvalue weighted by Crippen LogP contribution is 2.53. The van der Waals surface area contributed by atoms with Crippen molar-refractivity contribution in [1.82, 2.24) is 0 Å². The third-order valence-corrected chi connectivity index (χ3v) is 13.2. The summed E-state index contributed by atoms with van der Waals surface area (Å²) in [6.45, 7) is 0. The molecule has 0 radical (unpaired) electrons. The Hall–Kier alpha value is -5.79. The van der Waals surface area contributed by atoms with E-state index in [9.17, 15) is 4.89 Å². The summed E-state index contributed by atoms with van der Waals surface area (Å²) in [5.41, 5.74) is 11.4. The van der Waals surface area contributed by atoms with Gasteiger partial charge in [-0.25, -0.2) is 4.89 Å². The van der Waals surface area contributed by atoms with E-state index in [2.05, 4.69) is 109 Å². The van der Waals surface area contributed by atoms with Gasteiger partial charge < -0.3 is 4.42 Å². The number of benzene rings is 8. The quantitative estimate of drug-likeness (QED) is 0.189. The van der Waals surface area contributed by atoms with Crippen molar-refractivity contribution in [1.29, 1.82) is 0 Å². The molecule has 9 aromatic rings. The van der Waals surface area contributed by atoms with Gasteiger partial charge in [-0.05, 0) is 116 Å². The second-order valence-corrected chi connectivity index (χ2v) is 15.6. The third kappa shape index (κ3) is 4.28. The first-order valence-electron chi connectivity index (χ1n) is 16.6. The van der Waals surface area contributed by atoms with E-state index in [1.54, 1.807) is 0 Å². The molecule has 0 amide bonds. The molecule has 0 fully saturated rings. The molecule has 3 heteroatoms. The van der Waals surface area contributed by atoms with Crippen LogP contribution >= 0.6 is 7.49 Å². The molecule has 0 saturated heterocycles. The Bertz CT molecular complexity index is 2690. The molecule has 0 spiro atoms. The van der Waals surface area contributed by atoms with E-state index in [0.29, 0.717) is 0 Å². The molecule has 2 nitrogen and oxygen atoms in total. The Morgan fingerprint density at radius 2 is 0.939 bits per heavy atom. The molecule has 0 unspecified atom stereocenters. The van der Waals surface area contributed by atoms with Gasteiger partial charge >= 0.3 is 0 Å². The van der Waals surface area contributed by atoms with Crippen LogP contribution in [-0.2, 0) is 0 Å². The highest BCUT2D eigenvalue weighted by atomic mass is 31.2. The third-order valence-electron chi connectivity index (χ3n) is 10.1. The molecular weight excluding hydrogens is 615 g/mol. The maximum atomic E-state index is 12.6. The first-order chi connectivity index (χ1) is 24.2. The van der Waals surface area contributed by atoms with Crippen LogP contribution in [0.2, 0.25) is 0 Å². The van der Waals surface area contributed by atoms with Gasteiger partial charge in [-0.3, -0.25) is 0 Å². The smallest absolute Gasteiger partial charge is 0.238 e. The summed E-state index contributed by atoms with van der Waals surface area (Å²) in [6.07, 6.45) is 0. The van der Waals surface area contributed by atoms with Crippen LogP contribution in [0.1, 0.15) is 0 Å². The van der Waals surface area contributed by atoms with Gasteiger partial charge in [0.25, 0.3) is 0 Å². The molecule has 0 atom stereocenters. The van der Waals surface area contributed by atoms with E-state index in [0.717, 1.165) is 49.2 Å². The first kappa shape index (κ1) is 28.2. The zero-order chi connectivity index (χ0) is 32.5. The van der Waals surface area contributed by atoms with Crippen LogP contribution < -0.4 is 15.9 Å². The molecule has 0 bridgehead atoms. The van der Waals surface area contributed by atoms with E-state index in [1.165, 1.54) is 44.0 Å². The van der Waals surface area contributed by atoms with Crippen molar-refractivity contribution in [3.8, 4) is 44.5 Å². The summed E-state index contributed by atoms with van der Waals surface area (Å²) in [5.74, 6) is 0. The molecule has 49 heavy (non-hydrogen) atoms. The lowest BCUT2D eigenvalue weighted by atomic mass is 9.95. The number of furan rings is 1. The van der Waals surface area contributed by atoms with E-state index in [-0.39, 0.29) is 0 Å². The minimum Gasteiger partial charge on any atom is -0.456 e. The molecule has 10 rings (SSSR count). The Labute approximate surface area is 285 Å². The summed E-state index contributed by atoms with van der Waals surface area (Å²) in [5, 5.41) is 7.72. The maximum Gasteiger partial charge on any atom is 0.238 e. The van der Waals surface area contributed by atoms with Crippen molar-refractivity contribution >= 4 is 56.1 Å². The van der Waals surface area contributed by atoms with Crippen molar-refractivity contribution in [2.75, 3.05) is 0 Å². The SMILES string of the molecule is O[P+](c1ccccc1)(c1ccccc1)c1cccc(-c2cccc(-c3ccc4c(c3)-c3cccc5c3c-4cc3oc4ccccc4c35)c2)c1. The Morgan fingerprint density at radius 3 is 1.69 bits per heavy atom. The Balaban J connectivity index is 1.07. The first-order valence-corrected chi connectivity index (χ1v) is 18.4. The lowest BCUT2D eigenvalue weighted by molar-refractivity contribution is 0.633. The van der Waals surface area contributed by atoms with Crippen molar-refractivity contribution in [2.45, 2.75) is 0 Å². The second-order valence-electron chi connectivity index (χ2n) is 12.8. The summed E-state index contributed by atoms with van der Waals surface area (Å²) >= 11 is 0. The zero-order valence-corrected chi connectivity index (χ0v) is 27.4. The van der Waals surface area contributed by atoms with E-state index >= 15 is 0 Å². The van der Waals surface area contributed by atoms with Crippen LogP contribution in [0.4, 0.5) is 0 Å². The predicted molar refractivity (Wildman–Crippen MR) is 207 cm³/mol.